The SMILES string of the molecule is CC(C)NC(=O)CCNC(=O)C(C(N)=S)c1ccccc1. The summed E-state index contributed by atoms with van der Waals surface area (Å²) in [6.07, 6.45) is 0.225. The van der Waals surface area contributed by atoms with E-state index in [-0.39, 0.29) is 35.8 Å². The highest BCUT2D eigenvalue weighted by Crippen LogP contribution is 2.16. The Bertz CT molecular complexity index is 503. The van der Waals surface area contributed by atoms with E-state index in [1.54, 1.807) is 12.1 Å². The van der Waals surface area contributed by atoms with Gasteiger partial charge in [0.25, 0.3) is 0 Å². The maximum absolute atomic E-state index is 12.2. The lowest BCUT2D eigenvalue weighted by molar-refractivity contribution is -0.122. The van der Waals surface area contributed by atoms with Crippen LogP contribution >= 0.6 is 12.2 Å². The lowest BCUT2D eigenvalue weighted by atomic mass is 9.98. The van der Waals surface area contributed by atoms with Gasteiger partial charge in [0.1, 0.15) is 5.92 Å². The fourth-order valence-electron chi connectivity index (χ4n) is 1.89. The molecule has 1 unspecified atom stereocenters. The van der Waals surface area contributed by atoms with Crippen molar-refractivity contribution < 1.29 is 9.59 Å². The minimum Gasteiger partial charge on any atom is -0.392 e. The third kappa shape index (κ3) is 5.91. The van der Waals surface area contributed by atoms with E-state index in [9.17, 15) is 9.59 Å². The summed E-state index contributed by atoms with van der Waals surface area (Å²) in [6, 6.07) is 9.19. The van der Waals surface area contributed by atoms with Crippen molar-refractivity contribution in [2.45, 2.75) is 32.2 Å². The zero-order chi connectivity index (χ0) is 15.8. The molecule has 0 saturated carbocycles. The molecule has 21 heavy (non-hydrogen) atoms. The molecule has 0 fully saturated rings. The van der Waals surface area contributed by atoms with Crippen molar-refractivity contribution in [1.29, 1.82) is 0 Å². The molecule has 1 aromatic rings. The molecular formula is C15H21N3O2S. The highest BCUT2D eigenvalue weighted by atomic mass is 32.1. The van der Waals surface area contributed by atoms with Gasteiger partial charge in [-0.1, -0.05) is 42.5 Å². The molecule has 0 radical (unpaired) electrons. The van der Waals surface area contributed by atoms with Gasteiger partial charge in [-0.25, -0.2) is 0 Å². The summed E-state index contributed by atoms with van der Waals surface area (Å²) in [6.45, 7) is 4.02. The van der Waals surface area contributed by atoms with Gasteiger partial charge in [-0.15, -0.1) is 0 Å². The van der Waals surface area contributed by atoms with E-state index in [1.807, 2.05) is 32.0 Å². The Morgan fingerprint density at radius 1 is 1.24 bits per heavy atom. The van der Waals surface area contributed by atoms with E-state index in [4.69, 9.17) is 18.0 Å². The molecule has 1 aromatic carbocycles. The number of rotatable bonds is 7. The van der Waals surface area contributed by atoms with Gasteiger partial charge < -0.3 is 16.4 Å². The summed E-state index contributed by atoms with van der Waals surface area (Å²) in [5.74, 6) is -1.06. The van der Waals surface area contributed by atoms with Crippen LogP contribution in [0.5, 0.6) is 0 Å². The Hall–Kier alpha value is -1.95. The average Bonchev–Trinajstić information content (AvgIpc) is 2.38. The average molecular weight is 307 g/mol. The molecule has 2 amide bonds. The van der Waals surface area contributed by atoms with E-state index >= 15 is 0 Å². The first-order valence-corrected chi connectivity index (χ1v) is 7.24. The van der Waals surface area contributed by atoms with Crippen LogP contribution in [0.15, 0.2) is 30.3 Å². The molecule has 1 atom stereocenters. The molecule has 0 spiro atoms. The van der Waals surface area contributed by atoms with Crippen molar-refractivity contribution in [3.63, 3.8) is 0 Å². The first-order valence-electron chi connectivity index (χ1n) is 6.83. The lowest BCUT2D eigenvalue weighted by Gasteiger charge is -2.16. The summed E-state index contributed by atoms with van der Waals surface area (Å²) < 4.78 is 0. The molecule has 114 valence electrons. The summed E-state index contributed by atoms with van der Waals surface area (Å²) in [5, 5.41) is 5.46. The van der Waals surface area contributed by atoms with Crippen LogP contribution in [-0.4, -0.2) is 29.4 Å². The quantitative estimate of drug-likeness (QED) is 0.658. The topological polar surface area (TPSA) is 84.2 Å². The monoisotopic (exact) mass is 307 g/mol. The first kappa shape index (κ1) is 17.1. The van der Waals surface area contributed by atoms with Crippen LogP contribution in [0.25, 0.3) is 0 Å². The molecule has 0 aliphatic carbocycles. The standard InChI is InChI=1S/C15H21N3O2S/c1-10(2)18-12(19)8-9-17-15(20)13(14(16)21)11-6-4-3-5-7-11/h3-7,10,13H,8-9H2,1-2H3,(H2,16,21)(H,17,20)(H,18,19). The summed E-state index contributed by atoms with van der Waals surface area (Å²) in [4.78, 5) is 23.8. The molecule has 0 aromatic heterocycles. The zero-order valence-electron chi connectivity index (χ0n) is 12.3. The van der Waals surface area contributed by atoms with Crippen molar-refractivity contribution in [1.82, 2.24) is 10.6 Å². The van der Waals surface area contributed by atoms with Gasteiger partial charge in [-0.3, -0.25) is 9.59 Å². The fraction of sp³-hybridized carbons (Fsp3) is 0.400. The lowest BCUT2D eigenvalue weighted by Crippen LogP contribution is -2.38. The number of carbonyl (C=O) groups excluding carboxylic acids is 2. The largest absolute Gasteiger partial charge is 0.392 e. The van der Waals surface area contributed by atoms with Gasteiger partial charge in [0, 0.05) is 19.0 Å². The predicted molar refractivity (Wildman–Crippen MR) is 86.9 cm³/mol. The molecule has 0 saturated heterocycles. The molecule has 6 heteroatoms. The van der Waals surface area contributed by atoms with Crippen molar-refractivity contribution in [2.24, 2.45) is 5.73 Å². The van der Waals surface area contributed by atoms with Crippen molar-refractivity contribution in [3.8, 4) is 0 Å². The van der Waals surface area contributed by atoms with Crippen LogP contribution in [0, 0.1) is 0 Å². The second-order valence-corrected chi connectivity index (χ2v) is 5.48. The Kier molecular flexibility index (Phi) is 6.81. The Morgan fingerprint density at radius 2 is 1.86 bits per heavy atom. The number of nitrogens with one attached hydrogen (secondary N) is 2. The smallest absolute Gasteiger partial charge is 0.234 e. The minimum atomic E-state index is -0.672. The fourth-order valence-corrected chi connectivity index (χ4v) is 2.13. The number of hydrogen-bond donors (Lipinski definition) is 3. The molecular weight excluding hydrogens is 286 g/mol. The van der Waals surface area contributed by atoms with E-state index in [0.29, 0.717) is 0 Å². The minimum absolute atomic E-state index is 0.0851. The van der Waals surface area contributed by atoms with Crippen LogP contribution in [0.1, 0.15) is 31.7 Å². The van der Waals surface area contributed by atoms with Gasteiger partial charge in [0.15, 0.2) is 0 Å². The van der Waals surface area contributed by atoms with Crippen LogP contribution in [-0.2, 0) is 9.59 Å². The Labute approximate surface area is 130 Å². The molecule has 0 heterocycles. The molecule has 0 aliphatic heterocycles. The normalized spacial score (nSPS) is 11.8. The van der Waals surface area contributed by atoms with Gasteiger partial charge >= 0.3 is 0 Å². The second-order valence-electron chi connectivity index (χ2n) is 5.01. The second kappa shape index (κ2) is 8.36. The predicted octanol–water partition coefficient (Wildman–Crippen LogP) is 1.09. The summed E-state index contributed by atoms with van der Waals surface area (Å²) in [5.41, 5.74) is 6.40. The van der Waals surface area contributed by atoms with Crippen LogP contribution < -0.4 is 16.4 Å². The first-order chi connectivity index (χ1) is 9.91. The van der Waals surface area contributed by atoms with E-state index in [2.05, 4.69) is 10.6 Å². The zero-order valence-corrected chi connectivity index (χ0v) is 13.1. The Morgan fingerprint density at radius 3 is 2.38 bits per heavy atom. The maximum atomic E-state index is 12.2. The number of carbonyl (C=O) groups is 2. The number of thiocarbonyl (C=S) groups is 1. The third-order valence-corrected chi connectivity index (χ3v) is 3.02. The van der Waals surface area contributed by atoms with Gasteiger partial charge in [-0.2, -0.15) is 0 Å². The van der Waals surface area contributed by atoms with Gasteiger partial charge in [-0.05, 0) is 19.4 Å². The molecule has 0 aliphatic rings. The number of benzene rings is 1. The number of amides is 2. The van der Waals surface area contributed by atoms with Gasteiger partial charge in [0.2, 0.25) is 11.8 Å². The number of hydrogen-bond acceptors (Lipinski definition) is 3. The van der Waals surface area contributed by atoms with Crippen LogP contribution in [0.2, 0.25) is 0 Å². The van der Waals surface area contributed by atoms with Gasteiger partial charge in [0.05, 0.1) is 4.99 Å². The van der Waals surface area contributed by atoms with E-state index in [0.717, 1.165) is 5.56 Å². The highest BCUT2D eigenvalue weighted by molar-refractivity contribution is 7.80. The van der Waals surface area contributed by atoms with E-state index in [1.165, 1.54) is 0 Å². The van der Waals surface area contributed by atoms with Crippen LogP contribution in [0.3, 0.4) is 0 Å². The van der Waals surface area contributed by atoms with Crippen molar-refractivity contribution in [3.05, 3.63) is 35.9 Å². The molecule has 4 N–H and O–H groups in total. The summed E-state index contributed by atoms with van der Waals surface area (Å²) in [7, 11) is 0. The molecule has 0 bridgehead atoms. The molecule has 5 nitrogen and oxygen atoms in total. The number of nitrogens with two attached hydrogens (primary N) is 1. The van der Waals surface area contributed by atoms with Crippen LogP contribution in [0.4, 0.5) is 0 Å². The summed E-state index contributed by atoms with van der Waals surface area (Å²) >= 11 is 4.97. The molecule has 1 rings (SSSR count). The van der Waals surface area contributed by atoms with E-state index < -0.39 is 5.92 Å². The van der Waals surface area contributed by atoms with Crippen molar-refractivity contribution in [2.75, 3.05) is 6.54 Å². The maximum Gasteiger partial charge on any atom is 0.234 e. The highest BCUT2D eigenvalue weighted by Gasteiger charge is 2.23. The van der Waals surface area contributed by atoms with Crippen molar-refractivity contribution >= 4 is 29.0 Å². The third-order valence-electron chi connectivity index (χ3n) is 2.78. The Balaban J connectivity index is 2.56.